The zero-order valence-corrected chi connectivity index (χ0v) is 20.2. The minimum atomic E-state index is 0. The highest BCUT2D eigenvalue weighted by atomic mass is 127. The van der Waals surface area contributed by atoms with Crippen molar-refractivity contribution in [1.82, 2.24) is 15.5 Å². The molecule has 7 heteroatoms. The Hall–Kier alpha value is -1.06. The molecule has 1 aromatic rings. The summed E-state index contributed by atoms with van der Waals surface area (Å²) in [4.78, 5) is 7.46. The normalized spacial score (nSPS) is 19.7. The maximum absolute atomic E-state index is 5.43. The zero-order valence-electron chi connectivity index (χ0n) is 17.9. The second-order valence-corrected chi connectivity index (χ2v) is 7.75. The van der Waals surface area contributed by atoms with Gasteiger partial charge in [0.25, 0.3) is 0 Å². The Bertz CT molecular complexity index is 607. The molecule has 1 unspecified atom stereocenters. The molecule has 1 heterocycles. The van der Waals surface area contributed by atoms with Crippen molar-refractivity contribution in [2.45, 2.75) is 45.2 Å². The fourth-order valence-corrected chi connectivity index (χ4v) is 3.64. The predicted octanol–water partition coefficient (Wildman–Crippen LogP) is 3.26. The molecule has 1 saturated carbocycles. The second-order valence-electron chi connectivity index (χ2n) is 7.75. The van der Waals surface area contributed by atoms with Crippen LogP contribution in [0.2, 0.25) is 0 Å². The van der Waals surface area contributed by atoms with Gasteiger partial charge in [-0.15, -0.1) is 24.0 Å². The predicted molar refractivity (Wildman–Crippen MR) is 129 cm³/mol. The molecule has 1 aliphatic carbocycles. The summed E-state index contributed by atoms with van der Waals surface area (Å²) >= 11 is 0. The molecule has 1 saturated heterocycles. The Balaban J connectivity index is 0.00000300. The van der Waals surface area contributed by atoms with E-state index in [0.717, 1.165) is 56.4 Å². The molecular formula is C22H37IN4O2. The Kier molecular flexibility index (Phi) is 11.1. The molecule has 0 spiro atoms. The van der Waals surface area contributed by atoms with Gasteiger partial charge >= 0.3 is 0 Å². The Morgan fingerprint density at radius 1 is 1.17 bits per heavy atom. The van der Waals surface area contributed by atoms with Crippen LogP contribution in [0, 0.1) is 5.92 Å². The van der Waals surface area contributed by atoms with Crippen LogP contribution in [-0.2, 0) is 11.3 Å². The van der Waals surface area contributed by atoms with E-state index in [9.17, 15) is 0 Å². The van der Waals surface area contributed by atoms with Gasteiger partial charge in [-0.25, -0.2) is 4.99 Å². The first-order chi connectivity index (χ1) is 13.8. The van der Waals surface area contributed by atoms with Crippen molar-refractivity contribution in [3.05, 3.63) is 29.8 Å². The third kappa shape index (κ3) is 8.68. The molecule has 1 aromatic carbocycles. The van der Waals surface area contributed by atoms with Crippen molar-refractivity contribution >= 4 is 29.9 Å². The van der Waals surface area contributed by atoms with Crippen LogP contribution in [-0.4, -0.2) is 63.4 Å². The third-order valence-electron chi connectivity index (χ3n) is 5.48. The quantitative estimate of drug-likeness (QED) is 0.205. The van der Waals surface area contributed by atoms with Crippen molar-refractivity contribution < 1.29 is 9.47 Å². The maximum atomic E-state index is 5.43. The summed E-state index contributed by atoms with van der Waals surface area (Å²) in [6.45, 7) is 8.60. The summed E-state index contributed by atoms with van der Waals surface area (Å²) in [7, 11) is 1.69. The van der Waals surface area contributed by atoms with Gasteiger partial charge in [-0.1, -0.05) is 12.1 Å². The molecule has 6 nitrogen and oxygen atoms in total. The minimum Gasteiger partial charge on any atom is -0.497 e. The first-order valence-electron chi connectivity index (χ1n) is 10.8. The molecule has 2 fully saturated rings. The Labute approximate surface area is 192 Å². The van der Waals surface area contributed by atoms with Crippen LogP contribution in [0.1, 0.15) is 38.2 Å². The lowest BCUT2D eigenvalue weighted by atomic mass is 10.1. The van der Waals surface area contributed by atoms with Crippen LogP contribution in [0.3, 0.4) is 0 Å². The number of nitrogens with zero attached hydrogens (tertiary/aromatic N) is 2. The Morgan fingerprint density at radius 2 is 1.97 bits per heavy atom. The second kappa shape index (κ2) is 13.3. The number of methoxy groups -OCH3 is 1. The van der Waals surface area contributed by atoms with E-state index in [-0.39, 0.29) is 24.0 Å². The number of ether oxygens (including phenoxy) is 2. The molecule has 1 aliphatic heterocycles. The highest BCUT2D eigenvalue weighted by molar-refractivity contribution is 14.0. The number of hydrogen-bond acceptors (Lipinski definition) is 4. The van der Waals surface area contributed by atoms with Crippen LogP contribution >= 0.6 is 24.0 Å². The van der Waals surface area contributed by atoms with E-state index in [1.807, 2.05) is 19.1 Å². The monoisotopic (exact) mass is 516 g/mol. The number of aliphatic imine (C=N–C) groups is 1. The van der Waals surface area contributed by atoms with Gasteiger partial charge in [0.15, 0.2) is 5.96 Å². The van der Waals surface area contributed by atoms with E-state index in [1.54, 1.807) is 7.11 Å². The van der Waals surface area contributed by atoms with Crippen molar-refractivity contribution in [1.29, 1.82) is 0 Å². The largest absolute Gasteiger partial charge is 0.497 e. The van der Waals surface area contributed by atoms with Crippen LogP contribution in [0.25, 0.3) is 0 Å². The van der Waals surface area contributed by atoms with E-state index in [1.165, 1.54) is 37.9 Å². The van der Waals surface area contributed by atoms with Gasteiger partial charge in [0, 0.05) is 38.9 Å². The number of guanidine groups is 1. The first kappa shape index (κ1) is 24.2. The summed E-state index contributed by atoms with van der Waals surface area (Å²) < 4.78 is 10.7. The summed E-state index contributed by atoms with van der Waals surface area (Å²) in [5.41, 5.74) is 1.18. The fourth-order valence-electron chi connectivity index (χ4n) is 3.64. The van der Waals surface area contributed by atoms with Gasteiger partial charge < -0.3 is 25.0 Å². The summed E-state index contributed by atoms with van der Waals surface area (Å²) in [6.07, 6.45) is 5.07. The zero-order chi connectivity index (χ0) is 19.6. The number of benzene rings is 1. The third-order valence-corrected chi connectivity index (χ3v) is 5.48. The SMILES string of the molecule is CCOCCCNC(=NCc1ccc(OC)cc1)NCC1CCN(C2CC2)C1.I. The molecule has 0 aromatic heterocycles. The first-order valence-corrected chi connectivity index (χ1v) is 10.8. The van der Waals surface area contributed by atoms with E-state index in [0.29, 0.717) is 6.54 Å². The molecular weight excluding hydrogens is 479 g/mol. The van der Waals surface area contributed by atoms with E-state index in [4.69, 9.17) is 14.5 Å². The molecule has 0 bridgehead atoms. The molecule has 0 amide bonds. The maximum Gasteiger partial charge on any atom is 0.191 e. The van der Waals surface area contributed by atoms with Crippen molar-refractivity contribution in [2.75, 3.05) is 46.5 Å². The minimum absolute atomic E-state index is 0. The topological polar surface area (TPSA) is 58.1 Å². The number of nitrogens with one attached hydrogen (secondary N) is 2. The Morgan fingerprint density at radius 3 is 2.66 bits per heavy atom. The van der Waals surface area contributed by atoms with Crippen LogP contribution < -0.4 is 15.4 Å². The number of likely N-dealkylation sites (tertiary alicyclic amines) is 1. The lowest BCUT2D eigenvalue weighted by Gasteiger charge is -2.17. The van der Waals surface area contributed by atoms with E-state index >= 15 is 0 Å². The fraction of sp³-hybridized carbons (Fsp3) is 0.682. The number of rotatable bonds is 11. The molecule has 3 rings (SSSR count). The molecule has 1 atom stereocenters. The van der Waals surface area contributed by atoms with Crippen molar-refractivity contribution in [3.63, 3.8) is 0 Å². The van der Waals surface area contributed by atoms with Gasteiger partial charge in [0.05, 0.1) is 13.7 Å². The average Bonchev–Trinajstić information content (AvgIpc) is 3.48. The average molecular weight is 516 g/mol. The molecule has 2 N–H and O–H groups in total. The van der Waals surface area contributed by atoms with Crippen LogP contribution in [0.4, 0.5) is 0 Å². The lowest BCUT2D eigenvalue weighted by molar-refractivity contribution is 0.145. The van der Waals surface area contributed by atoms with Crippen LogP contribution in [0.15, 0.2) is 29.3 Å². The smallest absolute Gasteiger partial charge is 0.191 e. The molecule has 2 aliphatic rings. The van der Waals surface area contributed by atoms with Crippen molar-refractivity contribution in [3.8, 4) is 5.75 Å². The van der Waals surface area contributed by atoms with Gasteiger partial charge in [0.1, 0.15) is 5.75 Å². The van der Waals surface area contributed by atoms with Gasteiger partial charge in [0.2, 0.25) is 0 Å². The number of hydrogen-bond donors (Lipinski definition) is 2. The summed E-state index contributed by atoms with van der Waals surface area (Å²) in [5.74, 6) is 2.50. The highest BCUT2D eigenvalue weighted by Gasteiger charge is 2.34. The molecule has 29 heavy (non-hydrogen) atoms. The molecule has 164 valence electrons. The summed E-state index contributed by atoms with van der Waals surface area (Å²) in [5, 5.41) is 7.03. The summed E-state index contributed by atoms with van der Waals surface area (Å²) in [6, 6.07) is 8.99. The lowest BCUT2D eigenvalue weighted by Crippen LogP contribution is -2.41. The number of halogens is 1. The standard InChI is InChI=1S/C22H36N4O2.HI/c1-3-28-14-4-12-23-22(24-15-18-5-9-21(27-2)10-6-18)25-16-19-11-13-26(17-19)20-7-8-20;/h5-6,9-10,19-20H,3-4,7-8,11-17H2,1-2H3,(H2,23,24,25);1H. The van der Waals surface area contributed by atoms with Gasteiger partial charge in [-0.3, -0.25) is 0 Å². The highest BCUT2D eigenvalue weighted by Crippen LogP contribution is 2.31. The molecule has 0 radical (unpaired) electrons. The van der Waals surface area contributed by atoms with Gasteiger partial charge in [-0.05, 0) is 62.8 Å². The van der Waals surface area contributed by atoms with E-state index < -0.39 is 0 Å². The van der Waals surface area contributed by atoms with Gasteiger partial charge in [-0.2, -0.15) is 0 Å². The van der Waals surface area contributed by atoms with E-state index in [2.05, 4.69) is 27.7 Å². The van der Waals surface area contributed by atoms with Crippen LogP contribution in [0.5, 0.6) is 5.75 Å². The van der Waals surface area contributed by atoms with Crippen molar-refractivity contribution in [2.24, 2.45) is 10.9 Å².